The molecule has 1 atom stereocenters. The highest BCUT2D eigenvalue weighted by molar-refractivity contribution is 6.30. The highest BCUT2D eigenvalue weighted by atomic mass is 35.5. The van der Waals surface area contributed by atoms with Crippen molar-refractivity contribution in [3.05, 3.63) is 34.9 Å². The average molecular weight is 213 g/mol. The van der Waals surface area contributed by atoms with Gasteiger partial charge in [-0.1, -0.05) is 30.7 Å². The van der Waals surface area contributed by atoms with E-state index < -0.39 is 11.4 Å². The summed E-state index contributed by atoms with van der Waals surface area (Å²) in [4.78, 5) is 11.1. The van der Waals surface area contributed by atoms with Crippen LogP contribution in [0.1, 0.15) is 25.8 Å². The largest absolute Gasteiger partial charge is 0.481 e. The molecule has 1 rings (SSSR count). The minimum Gasteiger partial charge on any atom is -0.481 e. The van der Waals surface area contributed by atoms with E-state index in [1.54, 1.807) is 31.2 Å². The molecule has 0 amide bonds. The monoisotopic (exact) mass is 212 g/mol. The summed E-state index contributed by atoms with van der Waals surface area (Å²) in [5, 5.41) is 9.71. The van der Waals surface area contributed by atoms with E-state index in [4.69, 9.17) is 16.7 Å². The molecule has 3 heteroatoms. The van der Waals surface area contributed by atoms with Crippen molar-refractivity contribution in [2.24, 2.45) is 0 Å². The number of aliphatic carboxylic acids is 1. The molecule has 1 N–H and O–H groups in total. The Morgan fingerprint density at radius 3 is 2.64 bits per heavy atom. The van der Waals surface area contributed by atoms with Gasteiger partial charge in [-0.05, 0) is 31.0 Å². The van der Waals surface area contributed by atoms with Gasteiger partial charge in [0.1, 0.15) is 0 Å². The van der Waals surface area contributed by atoms with Crippen molar-refractivity contribution in [3.8, 4) is 0 Å². The van der Waals surface area contributed by atoms with Gasteiger partial charge in [0.15, 0.2) is 0 Å². The number of hydrogen-bond acceptors (Lipinski definition) is 1. The summed E-state index contributed by atoms with van der Waals surface area (Å²) in [5.74, 6) is -0.817. The third kappa shape index (κ3) is 1.90. The molecule has 0 saturated carbocycles. The molecule has 1 aromatic rings. The number of carbonyl (C=O) groups is 1. The predicted molar refractivity (Wildman–Crippen MR) is 56.7 cm³/mol. The molecular weight excluding hydrogens is 200 g/mol. The number of rotatable bonds is 3. The number of carboxylic acids is 1. The molecule has 0 aliphatic rings. The lowest BCUT2D eigenvalue weighted by Crippen LogP contribution is -2.31. The fourth-order valence-corrected chi connectivity index (χ4v) is 1.50. The summed E-state index contributed by atoms with van der Waals surface area (Å²) in [6.07, 6.45) is 0.544. The van der Waals surface area contributed by atoms with E-state index in [2.05, 4.69) is 0 Å². The van der Waals surface area contributed by atoms with E-state index in [0.717, 1.165) is 5.56 Å². The highest BCUT2D eigenvalue weighted by Crippen LogP contribution is 2.29. The van der Waals surface area contributed by atoms with Gasteiger partial charge < -0.3 is 5.11 Å². The van der Waals surface area contributed by atoms with Crippen molar-refractivity contribution in [3.63, 3.8) is 0 Å². The zero-order valence-electron chi connectivity index (χ0n) is 8.25. The van der Waals surface area contributed by atoms with Gasteiger partial charge in [0, 0.05) is 5.02 Å². The molecule has 0 radical (unpaired) electrons. The Labute approximate surface area is 88.5 Å². The SMILES string of the molecule is CC[C@@](C)(C(=O)O)c1cccc(Cl)c1. The maximum Gasteiger partial charge on any atom is 0.313 e. The van der Waals surface area contributed by atoms with E-state index in [-0.39, 0.29) is 0 Å². The molecule has 0 unspecified atom stereocenters. The van der Waals surface area contributed by atoms with Gasteiger partial charge in [0.25, 0.3) is 0 Å². The fourth-order valence-electron chi connectivity index (χ4n) is 1.31. The fraction of sp³-hybridized carbons (Fsp3) is 0.364. The van der Waals surface area contributed by atoms with Gasteiger partial charge in [-0.3, -0.25) is 4.79 Å². The Morgan fingerprint density at radius 1 is 1.57 bits per heavy atom. The van der Waals surface area contributed by atoms with Gasteiger partial charge in [0.05, 0.1) is 5.41 Å². The maximum atomic E-state index is 11.1. The predicted octanol–water partition coefficient (Wildman–Crippen LogP) is 3.09. The lowest BCUT2D eigenvalue weighted by atomic mass is 9.80. The Hall–Kier alpha value is -1.02. The van der Waals surface area contributed by atoms with Crippen LogP contribution in [-0.2, 0) is 10.2 Å². The van der Waals surface area contributed by atoms with Crippen molar-refractivity contribution < 1.29 is 9.90 Å². The molecule has 0 aliphatic heterocycles. The van der Waals surface area contributed by atoms with Gasteiger partial charge in [-0.2, -0.15) is 0 Å². The van der Waals surface area contributed by atoms with Crippen LogP contribution in [-0.4, -0.2) is 11.1 Å². The quantitative estimate of drug-likeness (QED) is 0.836. The van der Waals surface area contributed by atoms with E-state index >= 15 is 0 Å². The molecule has 76 valence electrons. The van der Waals surface area contributed by atoms with Gasteiger partial charge >= 0.3 is 5.97 Å². The van der Waals surface area contributed by atoms with Gasteiger partial charge in [-0.15, -0.1) is 0 Å². The number of halogens is 1. The Kier molecular flexibility index (Phi) is 3.17. The summed E-state index contributed by atoms with van der Waals surface area (Å²) < 4.78 is 0. The van der Waals surface area contributed by atoms with Crippen LogP contribution >= 0.6 is 11.6 Å². The van der Waals surface area contributed by atoms with Crippen molar-refractivity contribution in [1.29, 1.82) is 0 Å². The number of carboxylic acid groups (broad SMARTS) is 1. The lowest BCUT2D eigenvalue weighted by molar-refractivity contribution is -0.143. The molecule has 0 fully saturated rings. The molecule has 0 spiro atoms. The second kappa shape index (κ2) is 4.01. The molecule has 0 bridgehead atoms. The van der Waals surface area contributed by atoms with Crippen LogP contribution in [0.15, 0.2) is 24.3 Å². The third-order valence-electron chi connectivity index (χ3n) is 2.64. The zero-order valence-corrected chi connectivity index (χ0v) is 9.01. The van der Waals surface area contributed by atoms with E-state index in [0.29, 0.717) is 11.4 Å². The van der Waals surface area contributed by atoms with E-state index in [9.17, 15) is 4.79 Å². The maximum absolute atomic E-state index is 11.1. The third-order valence-corrected chi connectivity index (χ3v) is 2.88. The molecular formula is C11H13ClO2. The van der Waals surface area contributed by atoms with Gasteiger partial charge in [-0.25, -0.2) is 0 Å². The molecule has 0 aliphatic carbocycles. The van der Waals surface area contributed by atoms with Crippen LogP contribution in [0.2, 0.25) is 5.02 Å². The van der Waals surface area contributed by atoms with Crippen molar-refractivity contribution in [1.82, 2.24) is 0 Å². The first-order valence-electron chi connectivity index (χ1n) is 4.50. The molecule has 2 nitrogen and oxygen atoms in total. The van der Waals surface area contributed by atoms with Crippen LogP contribution in [0, 0.1) is 0 Å². The molecule has 14 heavy (non-hydrogen) atoms. The standard InChI is InChI=1S/C11H13ClO2/c1-3-11(2,10(13)14)8-5-4-6-9(12)7-8/h4-7H,3H2,1-2H3,(H,13,14)/t11-/m1/s1. The molecule has 0 aromatic heterocycles. The van der Waals surface area contributed by atoms with Crippen LogP contribution in [0.5, 0.6) is 0 Å². The zero-order chi connectivity index (χ0) is 10.8. The Bertz CT molecular complexity index is 349. The Morgan fingerprint density at radius 2 is 2.21 bits per heavy atom. The summed E-state index contributed by atoms with van der Waals surface area (Å²) in [6.45, 7) is 3.57. The smallest absolute Gasteiger partial charge is 0.313 e. The topological polar surface area (TPSA) is 37.3 Å². The van der Waals surface area contributed by atoms with Crippen molar-refractivity contribution in [2.45, 2.75) is 25.7 Å². The van der Waals surface area contributed by atoms with Crippen LogP contribution in [0.25, 0.3) is 0 Å². The van der Waals surface area contributed by atoms with E-state index in [1.807, 2.05) is 6.92 Å². The van der Waals surface area contributed by atoms with Crippen molar-refractivity contribution >= 4 is 17.6 Å². The van der Waals surface area contributed by atoms with Gasteiger partial charge in [0.2, 0.25) is 0 Å². The normalized spacial score (nSPS) is 14.8. The molecule has 1 aromatic carbocycles. The summed E-state index contributed by atoms with van der Waals surface area (Å²) in [7, 11) is 0. The van der Waals surface area contributed by atoms with Crippen LogP contribution in [0.3, 0.4) is 0 Å². The first kappa shape index (κ1) is 11.1. The minimum absolute atomic E-state index is 0.544. The summed E-state index contributed by atoms with van der Waals surface area (Å²) in [5.41, 5.74) is -0.0924. The Balaban J connectivity index is 3.19. The minimum atomic E-state index is -0.842. The highest BCUT2D eigenvalue weighted by Gasteiger charge is 2.33. The molecule has 0 heterocycles. The second-order valence-corrected chi connectivity index (χ2v) is 3.94. The van der Waals surface area contributed by atoms with Crippen LogP contribution < -0.4 is 0 Å². The second-order valence-electron chi connectivity index (χ2n) is 3.50. The number of hydrogen-bond donors (Lipinski definition) is 1. The number of benzene rings is 1. The summed E-state index contributed by atoms with van der Waals surface area (Å²) in [6, 6.07) is 7.01. The first-order chi connectivity index (χ1) is 6.50. The summed E-state index contributed by atoms with van der Waals surface area (Å²) >= 11 is 5.82. The lowest BCUT2D eigenvalue weighted by Gasteiger charge is -2.23. The van der Waals surface area contributed by atoms with Crippen LogP contribution in [0.4, 0.5) is 0 Å². The average Bonchev–Trinajstić information content (AvgIpc) is 2.16. The van der Waals surface area contributed by atoms with Crippen molar-refractivity contribution in [2.75, 3.05) is 0 Å². The molecule has 0 saturated heterocycles. The first-order valence-corrected chi connectivity index (χ1v) is 4.88. The van der Waals surface area contributed by atoms with E-state index in [1.165, 1.54) is 0 Å².